The first kappa shape index (κ1) is 26.6. The summed E-state index contributed by atoms with van der Waals surface area (Å²) in [6.45, 7) is 7.37. The van der Waals surface area contributed by atoms with E-state index in [9.17, 15) is 19.2 Å². The molecular formula is C29H26ClN3O5. The fourth-order valence-corrected chi connectivity index (χ4v) is 4.05. The van der Waals surface area contributed by atoms with Crippen LogP contribution in [0.5, 0.6) is 0 Å². The van der Waals surface area contributed by atoms with Crippen molar-refractivity contribution in [3.63, 3.8) is 0 Å². The maximum atomic E-state index is 13.2. The monoisotopic (exact) mass is 531 g/mol. The number of hydrogen-bond donors (Lipinski definition) is 2. The van der Waals surface area contributed by atoms with E-state index in [-0.39, 0.29) is 34.0 Å². The van der Waals surface area contributed by atoms with Crippen LogP contribution >= 0.6 is 11.6 Å². The zero-order valence-electron chi connectivity index (χ0n) is 21.3. The predicted molar refractivity (Wildman–Crippen MR) is 146 cm³/mol. The van der Waals surface area contributed by atoms with E-state index >= 15 is 0 Å². The van der Waals surface area contributed by atoms with Gasteiger partial charge < -0.3 is 15.4 Å². The van der Waals surface area contributed by atoms with Gasteiger partial charge in [-0.1, -0.05) is 29.8 Å². The van der Waals surface area contributed by atoms with Gasteiger partial charge in [-0.05, 0) is 87.4 Å². The first-order chi connectivity index (χ1) is 18.1. The molecule has 9 heteroatoms. The summed E-state index contributed by atoms with van der Waals surface area (Å²) in [5.41, 5.74) is 3.90. The topological polar surface area (TPSA) is 105 Å². The van der Waals surface area contributed by atoms with Crippen molar-refractivity contribution in [1.82, 2.24) is 0 Å². The van der Waals surface area contributed by atoms with Crippen molar-refractivity contribution in [2.75, 3.05) is 15.5 Å². The maximum absolute atomic E-state index is 13.2. The van der Waals surface area contributed by atoms with Crippen molar-refractivity contribution in [1.29, 1.82) is 0 Å². The lowest BCUT2D eigenvalue weighted by Gasteiger charge is -2.16. The van der Waals surface area contributed by atoms with E-state index in [1.807, 2.05) is 32.0 Å². The van der Waals surface area contributed by atoms with Crippen LogP contribution in [0.1, 0.15) is 45.7 Å². The van der Waals surface area contributed by atoms with E-state index in [1.54, 1.807) is 38.1 Å². The molecule has 0 aliphatic carbocycles. The molecule has 38 heavy (non-hydrogen) atoms. The summed E-state index contributed by atoms with van der Waals surface area (Å²) in [4.78, 5) is 51.9. The SMILES string of the molecule is Cc1cccc(NC(=O)c2cccc(NC3=C(Cl)C(=O)N(c4ccc(C(=O)OC(C)C)cc4)C3=O)c2)c1C. The third-order valence-electron chi connectivity index (χ3n) is 5.98. The molecule has 0 saturated carbocycles. The summed E-state index contributed by atoms with van der Waals surface area (Å²) in [6.07, 6.45) is -0.281. The van der Waals surface area contributed by atoms with Crippen LogP contribution in [0.25, 0.3) is 0 Å². The van der Waals surface area contributed by atoms with Crippen molar-refractivity contribution in [3.8, 4) is 0 Å². The van der Waals surface area contributed by atoms with Gasteiger partial charge in [0.2, 0.25) is 0 Å². The highest BCUT2D eigenvalue weighted by atomic mass is 35.5. The van der Waals surface area contributed by atoms with Gasteiger partial charge in [-0.25, -0.2) is 9.69 Å². The van der Waals surface area contributed by atoms with Gasteiger partial charge in [-0.15, -0.1) is 0 Å². The van der Waals surface area contributed by atoms with Crippen LogP contribution in [0.3, 0.4) is 0 Å². The Bertz CT molecular complexity index is 1480. The Morgan fingerprint density at radius 1 is 0.895 bits per heavy atom. The summed E-state index contributed by atoms with van der Waals surface area (Å²) in [6, 6.07) is 18.0. The van der Waals surface area contributed by atoms with Crippen molar-refractivity contribution in [2.24, 2.45) is 0 Å². The number of ether oxygens (including phenoxy) is 1. The number of benzene rings is 3. The van der Waals surface area contributed by atoms with Gasteiger partial charge in [0.05, 0.1) is 17.4 Å². The molecule has 0 unspecified atom stereocenters. The number of nitrogens with zero attached hydrogens (tertiary/aromatic N) is 1. The van der Waals surface area contributed by atoms with Gasteiger partial charge in [0.15, 0.2) is 0 Å². The van der Waals surface area contributed by atoms with Crippen molar-refractivity contribution >= 4 is 52.4 Å². The third kappa shape index (κ3) is 5.45. The highest BCUT2D eigenvalue weighted by Gasteiger charge is 2.39. The van der Waals surface area contributed by atoms with E-state index in [0.717, 1.165) is 16.0 Å². The van der Waals surface area contributed by atoms with Crippen LogP contribution in [0.15, 0.2) is 77.5 Å². The molecule has 0 aromatic heterocycles. The average Bonchev–Trinajstić information content (AvgIpc) is 3.09. The Hall–Kier alpha value is -4.43. The number of aryl methyl sites for hydroxylation is 1. The highest BCUT2D eigenvalue weighted by Crippen LogP contribution is 2.30. The summed E-state index contributed by atoms with van der Waals surface area (Å²) in [5.74, 6) is -2.21. The molecule has 0 fully saturated rings. The quantitative estimate of drug-likeness (QED) is 0.305. The summed E-state index contributed by atoms with van der Waals surface area (Å²) < 4.78 is 5.16. The Labute approximate surface area is 225 Å². The molecular weight excluding hydrogens is 506 g/mol. The van der Waals surface area contributed by atoms with Crippen LogP contribution in [0, 0.1) is 13.8 Å². The van der Waals surface area contributed by atoms with Gasteiger partial charge in [-0.2, -0.15) is 0 Å². The minimum Gasteiger partial charge on any atom is -0.459 e. The number of halogens is 1. The standard InChI is InChI=1S/C29H26ClN3O5/c1-16(2)38-29(37)19-11-13-22(14-12-19)33-27(35)24(30)25(28(33)36)31-21-9-6-8-20(15-21)26(34)32-23-10-5-7-17(3)18(23)4/h5-16,31H,1-4H3,(H,32,34). The average molecular weight is 532 g/mol. The van der Waals surface area contributed by atoms with Crippen LogP contribution in [-0.4, -0.2) is 29.8 Å². The van der Waals surface area contributed by atoms with E-state index in [4.69, 9.17) is 16.3 Å². The second-order valence-corrected chi connectivity index (χ2v) is 9.42. The van der Waals surface area contributed by atoms with E-state index < -0.39 is 17.8 Å². The molecule has 1 aliphatic heterocycles. The summed E-state index contributed by atoms with van der Waals surface area (Å²) >= 11 is 6.25. The number of hydrogen-bond acceptors (Lipinski definition) is 6. The Morgan fingerprint density at radius 2 is 1.58 bits per heavy atom. The molecule has 194 valence electrons. The number of carbonyl (C=O) groups is 4. The van der Waals surface area contributed by atoms with E-state index in [2.05, 4.69) is 10.6 Å². The van der Waals surface area contributed by atoms with Gasteiger partial charge in [0, 0.05) is 16.9 Å². The Kier molecular flexibility index (Phi) is 7.64. The molecule has 3 aromatic carbocycles. The highest BCUT2D eigenvalue weighted by molar-refractivity contribution is 6.53. The van der Waals surface area contributed by atoms with Gasteiger partial charge >= 0.3 is 5.97 Å². The lowest BCUT2D eigenvalue weighted by molar-refractivity contribution is -0.120. The van der Waals surface area contributed by atoms with Crippen LogP contribution in [-0.2, 0) is 14.3 Å². The molecule has 0 radical (unpaired) electrons. The lowest BCUT2D eigenvalue weighted by atomic mass is 10.1. The molecule has 2 N–H and O–H groups in total. The summed E-state index contributed by atoms with van der Waals surface area (Å²) in [5, 5.41) is 5.49. The molecule has 0 atom stereocenters. The van der Waals surface area contributed by atoms with Crippen molar-refractivity contribution in [3.05, 3.63) is 99.7 Å². The first-order valence-corrected chi connectivity index (χ1v) is 12.3. The van der Waals surface area contributed by atoms with Gasteiger partial charge in [0.25, 0.3) is 17.7 Å². The number of carbonyl (C=O) groups excluding carboxylic acids is 4. The number of imide groups is 1. The molecule has 8 nitrogen and oxygen atoms in total. The second kappa shape index (κ2) is 10.9. The lowest BCUT2D eigenvalue weighted by Crippen LogP contribution is -2.32. The normalized spacial score (nSPS) is 13.3. The van der Waals surface area contributed by atoms with E-state index in [1.165, 1.54) is 24.3 Å². The second-order valence-electron chi connectivity index (χ2n) is 9.04. The predicted octanol–water partition coefficient (Wildman–Crippen LogP) is 5.56. The Balaban J connectivity index is 1.50. The van der Waals surface area contributed by atoms with Crippen molar-refractivity contribution in [2.45, 2.75) is 33.8 Å². The Morgan fingerprint density at radius 3 is 2.26 bits per heavy atom. The minimum atomic E-state index is -0.708. The van der Waals surface area contributed by atoms with E-state index in [0.29, 0.717) is 16.9 Å². The summed E-state index contributed by atoms with van der Waals surface area (Å²) in [7, 11) is 0. The molecule has 0 spiro atoms. The fourth-order valence-electron chi connectivity index (χ4n) is 3.84. The molecule has 0 saturated heterocycles. The number of anilines is 3. The maximum Gasteiger partial charge on any atom is 0.338 e. The minimum absolute atomic E-state index is 0.118. The molecule has 1 heterocycles. The molecule has 0 bridgehead atoms. The molecule has 3 aromatic rings. The largest absolute Gasteiger partial charge is 0.459 e. The number of nitrogens with one attached hydrogen (secondary N) is 2. The smallest absolute Gasteiger partial charge is 0.338 e. The number of amides is 3. The van der Waals surface area contributed by atoms with Crippen molar-refractivity contribution < 1.29 is 23.9 Å². The fraction of sp³-hybridized carbons (Fsp3) is 0.172. The van der Waals surface area contributed by atoms with Gasteiger partial charge in [-0.3, -0.25) is 14.4 Å². The third-order valence-corrected chi connectivity index (χ3v) is 6.33. The zero-order valence-corrected chi connectivity index (χ0v) is 22.1. The molecule has 1 aliphatic rings. The van der Waals surface area contributed by atoms with Gasteiger partial charge in [0.1, 0.15) is 10.7 Å². The van der Waals surface area contributed by atoms with Crippen LogP contribution < -0.4 is 15.5 Å². The first-order valence-electron chi connectivity index (χ1n) is 11.9. The number of esters is 1. The number of rotatable bonds is 7. The van der Waals surface area contributed by atoms with Crippen LogP contribution in [0.4, 0.5) is 17.1 Å². The zero-order chi connectivity index (χ0) is 27.6. The molecule has 4 rings (SSSR count). The molecule has 3 amide bonds. The van der Waals surface area contributed by atoms with Crippen LogP contribution in [0.2, 0.25) is 0 Å².